The summed E-state index contributed by atoms with van der Waals surface area (Å²) in [7, 11) is -3.89. The lowest BCUT2D eigenvalue weighted by Gasteiger charge is -2.10. The molecule has 1 amide bonds. The standard InChI is InChI=1S/C22H16ClF2N3O3S/c1-12-3-5-13(6-4-12)21-16-9-14(24)7-8-19(16)28(26-21)20-11-18(25)15(10-17(20)23)22(29)27-32(2,30)31/h3-11H,1-2H3,(H,27,29). The van der Waals surface area contributed by atoms with Gasteiger partial charge < -0.3 is 0 Å². The maximum Gasteiger partial charge on any atom is 0.267 e. The Morgan fingerprint density at radius 2 is 1.75 bits per heavy atom. The highest BCUT2D eigenvalue weighted by Gasteiger charge is 2.21. The van der Waals surface area contributed by atoms with E-state index in [0.717, 1.165) is 29.5 Å². The van der Waals surface area contributed by atoms with Gasteiger partial charge in [0.05, 0.1) is 28.0 Å². The van der Waals surface area contributed by atoms with E-state index in [9.17, 15) is 22.0 Å². The van der Waals surface area contributed by atoms with Gasteiger partial charge in [-0.25, -0.2) is 26.6 Å². The van der Waals surface area contributed by atoms with Crippen molar-refractivity contribution in [2.45, 2.75) is 6.92 Å². The number of benzene rings is 3. The van der Waals surface area contributed by atoms with Gasteiger partial charge in [0.1, 0.15) is 17.3 Å². The minimum absolute atomic E-state index is 0.0470. The van der Waals surface area contributed by atoms with Crippen molar-refractivity contribution in [3.8, 4) is 16.9 Å². The van der Waals surface area contributed by atoms with E-state index >= 15 is 0 Å². The SMILES string of the molecule is Cc1ccc(-c2nn(-c3cc(F)c(C(=O)NS(C)(=O)=O)cc3Cl)c3ccc(F)cc23)cc1. The van der Waals surface area contributed by atoms with Crippen LogP contribution in [0, 0.1) is 18.6 Å². The molecule has 0 unspecified atom stereocenters. The van der Waals surface area contributed by atoms with Crippen molar-refractivity contribution in [1.29, 1.82) is 0 Å². The lowest BCUT2D eigenvalue weighted by molar-refractivity contribution is 0.0978. The molecule has 0 saturated heterocycles. The largest absolute Gasteiger partial charge is 0.268 e. The molecular formula is C22H16ClF2N3O3S. The van der Waals surface area contributed by atoms with Gasteiger partial charge in [-0.1, -0.05) is 41.4 Å². The van der Waals surface area contributed by atoms with E-state index in [-0.39, 0.29) is 10.7 Å². The molecule has 0 atom stereocenters. The maximum absolute atomic E-state index is 14.8. The van der Waals surface area contributed by atoms with Crippen LogP contribution in [0.15, 0.2) is 54.6 Å². The van der Waals surface area contributed by atoms with Gasteiger partial charge >= 0.3 is 0 Å². The zero-order valence-electron chi connectivity index (χ0n) is 16.9. The van der Waals surface area contributed by atoms with E-state index in [2.05, 4.69) is 5.10 Å². The first-order valence-corrected chi connectivity index (χ1v) is 11.6. The van der Waals surface area contributed by atoms with Gasteiger partial charge in [-0.3, -0.25) is 4.79 Å². The second-order valence-corrected chi connectivity index (χ2v) is 9.43. The summed E-state index contributed by atoms with van der Waals surface area (Å²) in [5.41, 5.74) is 2.27. The Hall–Kier alpha value is -3.30. The number of nitrogens with one attached hydrogen (secondary N) is 1. The maximum atomic E-state index is 14.8. The molecule has 0 aliphatic heterocycles. The van der Waals surface area contributed by atoms with E-state index < -0.39 is 33.1 Å². The van der Waals surface area contributed by atoms with Gasteiger partial charge in [0, 0.05) is 17.0 Å². The van der Waals surface area contributed by atoms with Crippen LogP contribution in [0.3, 0.4) is 0 Å². The van der Waals surface area contributed by atoms with Crippen molar-refractivity contribution in [2.75, 3.05) is 6.26 Å². The summed E-state index contributed by atoms with van der Waals surface area (Å²) in [4.78, 5) is 12.1. The smallest absolute Gasteiger partial charge is 0.267 e. The first-order chi connectivity index (χ1) is 15.0. The topological polar surface area (TPSA) is 81.1 Å². The van der Waals surface area contributed by atoms with Gasteiger partial charge in [0.2, 0.25) is 10.0 Å². The molecule has 32 heavy (non-hydrogen) atoms. The van der Waals surface area contributed by atoms with E-state index in [1.54, 1.807) is 4.72 Å². The zero-order chi connectivity index (χ0) is 23.2. The second-order valence-electron chi connectivity index (χ2n) is 7.27. The fourth-order valence-corrected chi connectivity index (χ4v) is 3.99. The average Bonchev–Trinajstić information content (AvgIpc) is 3.07. The Kier molecular flexibility index (Phi) is 5.47. The van der Waals surface area contributed by atoms with Crippen molar-refractivity contribution in [2.24, 2.45) is 0 Å². The second kappa shape index (κ2) is 7.99. The number of amides is 1. The predicted molar refractivity (Wildman–Crippen MR) is 118 cm³/mol. The number of rotatable bonds is 4. The van der Waals surface area contributed by atoms with E-state index in [1.807, 2.05) is 31.2 Å². The van der Waals surface area contributed by atoms with Crippen LogP contribution in [0.25, 0.3) is 27.8 Å². The number of nitrogens with zero attached hydrogens (tertiary/aromatic N) is 2. The molecule has 4 rings (SSSR count). The third-order valence-corrected chi connectivity index (χ3v) is 5.61. The fraction of sp³-hybridized carbons (Fsp3) is 0.0909. The highest BCUT2D eigenvalue weighted by atomic mass is 35.5. The van der Waals surface area contributed by atoms with Crippen molar-refractivity contribution in [1.82, 2.24) is 14.5 Å². The molecule has 0 aliphatic rings. The molecule has 0 aliphatic carbocycles. The van der Waals surface area contributed by atoms with E-state index in [0.29, 0.717) is 16.6 Å². The van der Waals surface area contributed by atoms with Crippen LogP contribution in [-0.2, 0) is 10.0 Å². The fourth-order valence-electron chi connectivity index (χ4n) is 3.29. The minimum atomic E-state index is -3.89. The monoisotopic (exact) mass is 475 g/mol. The van der Waals surface area contributed by atoms with Crippen LogP contribution in [0.4, 0.5) is 8.78 Å². The number of aryl methyl sites for hydroxylation is 1. The van der Waals surface area contributed by atoms with Gasteiger partial charge in [-0.2, -0.15) is 5.10 Å². The molecule has 6 nitrogen and oxygen atoms in total. The highest BCUT2D eigenvalue weighted by Crippen LogP contribution is 2.33. The molecule has 1 heterocycles. The molecule has 4 aromatic rings. The molecule has 164 valence electrons. The lowest BCUT2D eigenvalue weighted by Crippen LogP contribution is -2.30. The van der Waals surface area contributed by atoms with Crippen LogP contribution in [0.1, 0.15) is 15.9 Å². The molecular weight excluding hydrogens is 460 g/mol. The molecule has 1 aromatic heterocycles. The molecule has 0 saturated carbocycles. The molecule has 0 radical (unpaired) electrons. The Labute approximate surface area is 187 Å². The molecule has 0 spiro atoms. The van der Waals surface area contributed by atoms with Crippen molar-refractivity contribution >= 4 is 38.4 Å². The summed E-state index contributed by atoms with van der Waals surface area (Å²) in [6.07, 6.45) is 0.778. The summed E-state index contributed by atoms with van der Waals surface area (Å²) >= 11 is 6.33. The van der Waals surface area contributed by atoms with Crippen molar-refractivity contribution in [3.05, 3.63) is 82.4 Å². The lowest BCUT2D eigenvalue weighted by atomic mass is 10.1. The number of hydrogen-bond acceptors (Lipinski definition) is 4. The Morgan fingerprint density at radius 3 is 2.41 bits per heavy atom. The number of aromatic nitrogens is 2. The third kappa shape index (κ3) is 4.21. The number of halogens is 3. The number of sulfonamides is 1. The van der Waals surface area contributed by atoms with Gasteiger partial charge in [0.25, 0.3) is 5.91 Å². The Balaban J connectivity index is 1.90. The summed E-state index contributed by atoms with van der Waals surface area (Å²) in [5.74, 6) is -2.60. The van der Waals surface area contributed by atoms with Crippen molar-refractivity contribution < 1.29 is 22.0 Å². The van der Waals surface area contributed by atoms with Crippen LogP contribution < -0.4 is 4.72 Å². The van der Waals surface area contributed by atoms with Gasteiger partial charge in [-0.05, 0) is 31.2 Å². The zero-order valence-corrected chi connectivity index (χ0v) is 18.4. The molecule has 10 heteroatoms. The first-order valence-electron chi connectivity index (χ1n) is 9.30. The Morgan fingerprint density at radius 1 is 1.06 bits per heavy atom. The van der Waals surface area contributed by atoms with Gasteiger partial charge in [0.15, 0.2) is 0 Å². The highest BCUT2D eigenvalue weighted by molar-refractivity contribution is 7.89. The summed E-state index contributed by atoms with van der Waals surface area (Å²) in [5, 5.41) is 4.98. The minimum Gasteiger partial charge on any atom is -0.268 e. The number of carbonyl (C=O) groups excluding carboxylic acids is 1. The summed E-state index contributed by atoms with van der Waals surface area (Å²) in [6, 6.07) is 13.5. The van der Waals surface area contributed by atoms with Crippen LogP contribution in [-0.4, -0.2) is 30.4 Å². The normalized spacial score (nSPS) is 11.7. The molecule has 0 fully saturated rings. The van der Waals surface area contributed by atoms with Crippen LogP contribution in [0.2, 0.25) is 5.02 Å². The average molecular weight is 476 g/mol. The number of hydrogen-bond donors (Lipinski definition) is 1. The molecule has 0 bridgehead atoms. The van der Waals surface area contributed by atoms with Crippen LogP contribution in [0.5, 0.6) is 0 Å². The molecule has 1 N–H and O–H groups in total. The summed E-state index contributed by atoms with van der Waals surface area (Å²) < 4.78 is 54.4. The summed E-state index contributed by atoms with van der Waals surface area (Å²) in [6.45, 7) is 1.93. The molecule has 3 aromatic carbocycles. The predicted octanol–water partition coefficient (Wildman–Crippen LogP) is 4.62. The number of carbonyl (C=O) groups is 1. The Bertz CT molecular complexity index is 1480. The third-order valence-electron chi connectivity index (χ3n) is 4.75. The van der Waals surface area contributed by atoms with Crippen molar-refractivity contribution in [3.63, 3.8) is 0 Å². The van der Waals surface area contributed by atoms with E-state index in [1.165, 1.54) is 22.9 Å². The number of fused-ring (bicyclic) bond motifs is 1. The van der Waals surface area contributed by atoms with E-state index in [4.69, 9.17) is 11.6 Å². The van der Waals surface area contributed by atoms with Crippen LogP contribution >= 0.6 is 11.6 Å². The quantitative estimate of drug-likeness (QED) is 0.467. The first kappa shape index (κ1) is 21.9. The van der Waals surface area contributed by atoms with Gasteiger partial charge in [-0.15, -0.1) is 0 Å².